The molecule has 0 aliphatic carbocycles. The number of hydrogen-bond donors (Lipinski definition) is 1. The minimum Gasteiger partial charge on any atom is -0.479 e. The highest BCUT2D eigenvalue weighted by molar-refractivity contribution is 7.06. The Labute approximate surface area is 138 Å². The van der Waals surface area contributed by atoms with E-state index in [2.05, 4.69) is 24.8 Å². The molecule has 2 aromatic heterocycles. The highest BCUT2D eigenvalue weighted by atomic mass is 35.5. The van der Waals surface area contributed by atoms with Crippen LogP contribution >= 0.6 is 23.1 Å². The summed E-state index contributed by atoms with van der Waals surface area (Å²) in [5, 5.41) is 12.3. The second kappa shape index (κ2) is 7.21. The highest BCUT2D eigenvalue weighted by Gasteiger charge is 2.21. The van der Waals surface area contributed by atoms with Gasteiger partial charge in [-0.15, -0.1) is 5.10 Å². The van der Waals surface area contributed by atoms with Crippen molar-refractivity contribution < 1.29 is 4.74 Å². The Morgan fingerprint density at radius 3 is 2.91 bits per heavy atom. The van der Waals surface area contributed by atoms with Crippen molar-refractivity contribution in [3.05, 3.63) is 28.2 Å². The molecule has 1 aliphatic heterocycles. The SMILES string of the molecule is COc1nsc(CNC2CCN(c3cccnn3)CC2)c1Cl. The van der Waals surface area contributed by atoms with Crippen LogP contribution in [0.3, 0.4) is 0 Å². The third-order valence-electron chi connectivity index (χ3n) is 3.79. The maximum atomic E-state index is 6.20. The molecule has 0 radical (unpaired) electrons. The van der Waals surface area contributed by atoms with Crippen LogP contribution in [0.25, 0.3) is 0 Å². The lowest BCUT2D eigenvalue weighted by atomic mass is 10.1. The molecular weight excluding hydrogens is 322 g/mol. The average Bonchev–Trinajstić information content (AvgIpc) is 2.94. The van der Waals surface area contributed by atoms with Crippen molar-refractivity contribution in [1.82, 2.24) is 19.9 Å². The van der Waals surface area contributed by atoms with Crippen LogP contribution in [0.1, 0.15) is 17.7 Å². The maximum absolute atomic E-state index is 6.20. The van der Waals surface area contributed by atoms with Gasteiger partial charge in [0.25, 0.3) is 0 Å². The van der Waals surface area contributed by atoms with Gasteiger partial charge in [0.2, 0.25) is 5.88 Å². The summed E-state index contributed by atoms with van der Waals surface area (Å²) in [4.78, 5) is 3.29. The molecule has 118 valence electrons. The molecule has 8 heteroatoms. The molecule has 0 amide bonds. The van der Waals surface area contributed by atoms with Gasteiger partial charge in [-0.05, 0) is 36.5 Å². The molecule has 0 saturated carbocycles. The lowest BCUT2D eigenvalue weighted by molar-refractivity contribution is 0.401. The van der Waals surface area contributed by atoms with Crippen LogP contribution in [-0.2, 0) is 6.54 Å². The largest absolute Gasteiger partial charge is 0.479 e. The third kappa shape index (κ3) is 3.48. The summed E-state index contributed by atoms with van der Waals surface area (Å²) in [5.74, 6) is 1.47. The van der Waals surface area contributed by atoms with Crippen LogP contribution in [0.4, 0.5) is 5.82 Å². The number of nitrogens with one attached hydrogen (secondary N) is 1. The number of anilines is 1. The molecule has 0 spiro atoms. The Morgan fingerprint density at radius 1 is 1.45 bits per heavy atom. The number of hydrogen-bond acceptors (Lipinski definition) is 7. The molecule has 0 unspecified atom stereocenters. The Bertz CT molecular complexity index is 601. The van der Waals surface area contributed by atoms with Gasteiger partial charge in [0.05, 0.1) is 12.0 Å². The van der Waals surface area contributed by atoms with Crippen LogP contribution in [-0.4, -0.2) is 40.8 Å². The zero-order chi connectivity index (χ0) is 15.4. The van der Waals surface area contributed by atoms with Crippen molar-refractivity contribution in [2.75, 3.05) is 25.1 Å². The molecule has 1 N–H and O–H groups in total. The summed E-state index contributed by atoms with van der Waals surface area (Å²) in [5.41, 5.74) is 0. The number of ether oxygens (including phenoxy) is 1. The minimum atomic E-state index is 0.483. The fourth-order valence-electron chi connectivity index (χ4n) is 2.54. The molecule has 22 heavy (non-hydrogen) atoms. The third-order valence-corrected chi connectivity index (χ3v) is 5.12. The summed E-state index contributed by atoms with van der Waals surface area (Å²) in [6.07, 6.45) is 3.85. The molecule has 0 atom stereocenters. The van der Waals surface area contributed by atoms with Crippen LogP contribution in [0.2, 0.25) is 5.02 Å². The zero-order valence-corrected chi connectivity index (χ0v) is 13.9. The zero-order valence-electron chi connectivity index (χ0n) is 12.3. The first-order valence-electron chi connectivity index (χ1n) is 7.22. The van der Waals surface area contributed by atoms with Crippen molar-refractivity contribution in [3.63, 3.8) is 0 Å². The van der Waals surface area contributed by atoms with E-state index in [1.165, 1.54) is 11.5 Å². The fraction of sp³-hybridized carbons (Fsp3) is 0.500. The lowest BCUT2D eigenvalue weighted by Crippen LogP contribution is -2.42. The van der Waals surface area contributed by atoms with Crippen molar-refractivity contribution in [1.29, 1.82) is 0 Å². The number of rotatable bonds is 5. The van der Waals surface area contributed by atoms with Gasteiger partial charge >= 0.3 is 0 Å². The van der Waals surface area contributed by atoms with Gasteiger partial charge in [0.15, 0.2) is 5.82 Å². The number of aromatic nitrogens is 3. The molecule has 0 aromatic carbocycles. The molecule has 3 rings (SSSR count). The van der Waals surface area contributed by atoms with Gasteiger partial charge in [-0.1, -0.05) is 11.6 Å². The second-order valence-corrected chi connectivity index (χ2v) is 6.39. The Kier molecular flexibility index (Phi) is 5.07. The Morgan fingerprint density at radius 2 is 2.27 bits per heavy atom. The van der Waals surface area contributed by atoms with Crippen LogP contribution < -0.4 is 15.0 Å². The van der Waals surface area contributed by atoms with Gasteiger partial charge < -0.3 is 15.0 Å². The second-order valence-electron chi connectivity index (χ2n) is 5.15. The van der Waals surface area contributed by atoms with E-state index in [1.54, 1.807) is 13.3 Å². The van der Waals surface area contributed by atoms with Crippen LogP contribution in [0, 0.1) is 0 Å². The van der Waals surface area contributed by atoms with Gasteiger partial charge in [-0.2, -0.15) is 9.47 Å². The van der Waals surface area contributed by atoms with E-state index in [4.69, 9.17) is 16.3 Å². The minimum absolute atomic E-state index is 0.483. The number of halogens is 1. The molecule has 6 nitrogen and oxygen atoms in total. The Balaban J connectivity index is 1.49. The molecular formula is C14H18ClN5OS. The average molecular weight is 340 g/mol. The molecule has 2 aromatic rings. The van der Waals surface area contributed by atoms with Crippen molar-refractivity contribution in [2.45, 2.75) is 25.4 Å². The van der Waals surface area contributed by atoms with E-state index in [0.717, 1.165) is 43.2 Å². The van der Waals surface area contributed by atoms with Crippen LogP contribution in [0.15, 0.2) is 18.3 Å². The van der Waals surface area contributed by atoms with Gasteiger partial charge in [-0.25, -0.2) is 0 Å². The standard InChI is InChI=1S/C14H18ClN5OS/c1-21-14-13(15)11(22-19-14)9-16-10-4-7-20(8-5-10)12-3-2-6-17-18-12/h2-3,6,10,16H,4-5,7-9H2,1H3. The van der Waals surface area contributed by atoms with E-state index >= 15 is 0 Å². The van der Waals surface area contributed by atoms with E-state index in [-0.39, 0.29) is 0 Å². The molecule has 3 heterocycles. The predicted molar refractivity (Wildman–Crippen MR) is 87.8 cm³/mol. The quantitative estimate of drug-likeness (QED) is 0.902. The van der Waals surface area contributed by atoms with Gasteiger partial charge in [0.1, 0.15) is 5.02 Å². The monoisotopic (exact) mass is 339 g/mol. The van der Waals surface area contributed by atoms with E-state index in [0.29, 0.717) is 16.9 Å². The molecule has 0 bridgehead atoms. The summed E-state index contributed by atoms with van der Waals surface area (Å²) in [6.45, 7) is 2.70. The van der Waals surface area contributed by atoms with Gasteiger partial charge in [0, 0.05) is 31.9 Å². The molecule has 1 aliphatic rings. The topological polar surface area (TPSA) is 63.2 Å². The van der Waals surface area contributed by atoms with E-state index in [9.17, 15) is 0 Å². The Hall–Kier alpha value is -1.44. The number of methoxy groups -OCH3 is 1. The summed E-state index contributed by atoms with van der Waals surface area (Å²) >= 11 is 7.59. The first-order chi connectivity index (χ1) is 10.8. The first kappa shape index (κ1) is 15.5. The summed E-state index contributed by atoms with van der Waals surface area (Å²) < 4.78 is 9.27. The first-order valence-corrected chi connectivity index (χ1v) is 8.37. The van der Waals surface area contributed by atoms with Crippen molar-refractivity contribution in [3.8, 4) is 5.88 Å². The lowest BCUT2D eigenvalue weighted by Gasteiger charge is -2.32. The number of piperidine rings is 1. The smallest absolute Gasteiger partial charge is 0.244 e. The summed E-state index contributed by atoms with van der Waals surface area (Å²) in [7, 11) is 1.58. The maximum Gasteiger partial charge on any atom is 0.244 e. The molecule has 1 saturated heterocycles. The van der Waals surface area contributed by atoms with E-state index in [1.807, 2.05) is 12.1 Å². The number of nitrogens with zero attached hydrogens (tertiary/aromatic N) is 4. The fourth-order valence-corrected chi connectivity index (χ4v) is 3.56. The predicted octanol–water partition coefficient (Wildman–Crippen LogP) is 2.35. The highest BCUT2D eigenvalue weighted by Crippen LogP contribution is 2.30. The van der Waals surface area contributed by atoms with Crippen molar-refractivity contribution in [2.24, 2.45) is 0 Å². The van der Waals surface area contributed by atoms with E-state index < -0.39 is 0 Å². The van der Waals surface area contributed by atoms with Gasteiger partial charge in [-0.3, -0.25) is 0 Å². The normalized spacial score (nSPS) is 16.0. The summed E-state index contributed by atoms with van der Waals surface area (Å²) in [6, 6.07) is 4.41. The van der Waals surface area contributed by atoms with Crippen LogP contribution in [0.5, 0.6) is 5.88 Å². The molecule has 1 fully saturated rings. The van der Waals surface area contributed by atoms with Crippen molar-refractivity contribution >= 4 is 29.0 Å².